The van der Waals surface area contributed by atoms with Crippen LogP contribution in [-0.2, 0) is 12.7 Å². The number of urea groups is 1. The molecule has 0 aromatic heterocycles. The first-order valence-electron chi connectivity index (χ1n) is 7.96. The molecule has 0 heterocycles. The van der Waals surface area contributed by atoms with Gasteiger partial charge in [-0.15, -0.1) is 0 Å². The van der Waals surface area contributed by atoms with E-state index in [0.717, 1.165) is 6.07 Å². The van der Waals surface area contributed by atoms with Gasteiger partial charge in [0.2, 0.25) is 0 Å². The second-order valence-corrected chi connectivity index (χ2v) is 5.41. The second kappa shape index (κ2) is 9.13. The average molecular weight is 384 g/mol. The van der Waals surface area contributed by atoms with Gasteiger partial charge >= 0.3 is 12.2 Å². The first-order valence-corrected chi connectivity index (χ1v) is 7.96. The zero-order chi connectivity index (χ0) is 19.9. The Morgan fingerprint density at radius 1 is 1.15 bits per heavy atom. The van der Waals surface area contributed by atoms with E-state index in [1.165, 1.54) is 25.3 Å². The van der Waals surface area contributed by atoms with Crippen LogP contribution < -0.4 is 20.1 Å². The van der Waals surface area contributed by atoms with Crippen molar-refractivity contribution < 1.29 is 32.5 Å². The lowest BCUT2D eigenvalue weighted by Crippen LogP contribution is -2.29. The number of nitrogens with one attached hydrogen (secondary N) is 2. The lowest BCUT2D eigenvalue weighted by atomic mass is 10.1. The summed E-state index contributed by atoms with van der Waals surface area (Å²) in [6.45, 7) is 0.0255. The Bertz CT molecular complexity index is 781. The molecule has 2 aromatic rings. The van der Waals surface area contributed by atoms with Crippen LogP contribution in [0.15, 0.2) is 42.5 Å². The minimum atomic E-state index is -4.57. The summed E-state index contributed by atoms with van der Waals surface area (Å²) in [6.07, 6.45) is -4.57. The van der Waals surface area contributed by atoms with E-state index < -0.39 is 17.8 Å². The fraction of sp³-hybridized carbons (Fsp3) is 0.278. The third-order valence-electron chi connectivity index (χ3n) is 3.51. The van der Waals surface area contributed by atoms with Crippen LogP contribution in [-0.4, -0.2) is 31.5 Å². The van der Waals surface area contributed by atoms with Crippen LogP contribution in [0.2, 0.25) is 0 Å². The van der Waals surface area contributed by atoms with Crippen LogP contribution in [0.25, 0.3) is 0 Å². The van der Waals surface area contributed by atoms with Gasteiger partial charge in [-0.1, -0.05) is 18.2 Å². The molecule has 0 aliphatic heterocycles. The normalized spacial score (nSPS) is 11.0. The number of amides is 2. The Kier molecular flexibility index (Phi) is 6.89. The molecule has 2 aromatic carbocycles. The summed E-state index contributed by atoms with van der Waals surface area (Å²) in [5, 5.41) is 13.5. The van der Waals surface area contributed by atoms with E-state index >= 15 is 0 Å². The summed E-state index contributed by atoms with van der Waals surface area (Å²) < 4.78 is 49.3. The number of alkyl halides is 3. The summed E-state index contributed by atoms with van der Waals surface area (Å²) in [6, 6.07) is 8.85. The van der Waals surface area contributed by atoms with Crippen LogP contribution in [0.4, 0.5) is 23.7 Å². The number of aliphatic hydroxyl groups is 1. The van der Waals surface area contributed by atoms with Gasteiger partial charge < -0.3 is 25.2 Å². The second-order valence-electron chi connectivity index (χ2n) is 5.41. The highest BCUT2D eigenvalue weighted by Crippen LogP contribution is 2.34. The molecule has 0 unspecified atom stereocenters. The molecule has 2 rings (SSSR count). The third-order valence-corrected chi connectivity index (χ3v) is 3.51. The maximum Gasteiger partial charge on any atom is 0.418 e. The first-order chi connectivity index (χ1) is 12.8. The lowest BCUT2D eigenvalue weighted by Gasteiger charge is -2.14. The van der Waals surface area contributed by atoms with Crippen LogP contribution in [0.5, 0.6) is 11.5 Å². The van der Waals surface area contributed by atoms with Gasteiger partial charge in [0.1, 0.15) is 6.61 Å². The van der Waals surface area contributed by atoms with Crippen molar-refractivity contribution >= 4 is 11.7 Å². The van der Waals surface area contributed by atoms with E-state index in [0.29, 0.717) is 17.1 Å². The summed E-state index contributed by atoms with van der Waals surface area (Å²) in [5.74, 6) is 0.837. The number of anilines is 1. The molecule has 0 radical (unpaired) electrons. The Hall–Kier alpha value is -2.94. The fourth-order valence-corrected chi connectivity index (χ4v) is 2.28. The van der Waals surface area contributed by atoms with Crippen molar-refractivity contribution in [2.45, 2.75) is 12.7 Å². The van der Waals surface area contributed by atoms with E-state index in [2.05, 4.69) is 10.6 Å². The van der Waals surface area contributed by atoms with Gasteiger partial charge in [0.25, 0.3) is 0 Å². The quantitative estimate of drug-likeness (QED) is 0.684. The van der Waals surface area contributed by atoms with E-state index in [9.17, 15) is 18.0 Å². The summed E-state index contributed by atoms with van der Waals surface area (Å²) in [5.41, 5.74) is -0.595. The molecular weight excluding hydrogens is 365 g/mol. The number of ether oxygens (including phenoxy) is 2. The number of hydrogen-bond acceptors (Lipinski definition) is 4. The predicted octanol–water partition coefficient (Wildman–Crippen LogP) is 3.41. The van der Waals surface area contributed by atoms with E-state index in [4.69, 9.17) is 14.6 Å². The van der Waals surface area contributed by atoms with Crippen molar-refractivity contribution in [3.63, 3.8) is 0 Å². The SMILES string of the molecule is COc1cc(CNC(=O)Nc2ccccc2C(F)(F)F)ccc1OCCO. The summed E-state index contributed by atoms with van der Waals surface area (Å²) in [4.78, 5) is 12.0. The number of carbonyl (C=O) groups excluding carboxylic acids is 1. The minimum absolute atomic E-state index is 0.0661. The van der Waals surface area contributed by atoms with Crippen molar-refractivity contribution in [1.29, 1.82) is 0 Å². The van der Waals surface area contributed by atoms with Crippen molar-refractivity contribution in [3.05, 3.63) is 53.6 Å². The Labute approximate surface area is 153 Å². The van der Waals surface area contributed by atoms with Gasteiger partial charge in [0, 0.05) is 6.54 Å². The van der Waals surface area contributed by atoms with Gasteiger partial charge in [-0.25, -0.2) is 4.79 Å². The third kappa shape index (κ3) is 5.78. The molecule has 2 amide bonds. The standard InChI is InChI=1S/C18H19F3N2O4/c1-26-16-10-12(6-7-15(16)27-9-8-24)11-22-17(25)23-14-5-3-2-4-13(14)18(19,20)21/h2-7,10,24H,8-9,11H2,1H3,(H2,22,23,25). The maximum atomic E-state index is 12.9. The lowest BCUT2D eigenvalue weighted by molar-refractivity contribution is -0.136. The molecule has 0 saturated carbocycles. The van der Waals surface area contributed by atoms with Crippen LogP contribution >= 0.6 is 0 Å². The molecule has 0 spiro atoms. The summed E-state index contributed by atoms with van der Waals surface area (Å²) in [7, 11) is 1.44. The number of rotatable bonds is 7. The molecule has 0 bridgehead atoms. The van der Waals surface area contributed by atoms with Gasteiger partial charge in [0.15, 0.2) is 11.5 Å². The molecule has 6 nitrogen and oxygen atoms in total. The number of methoxy groups -OCH3 is 1. The topological polar surface area (TPSA) is 79.8 Å². The zero-order valence-corrected chi connectivity index (χ0v) is 14.5. The van der Waals surface area contributed by atoms with Crippen LogP contribution in [0.1, 0.15) is 11.1 Å². The number of carbonyl (C=O) groups is 1. The number of benzene rings is 2. The summed E-state index contributed by atoms with van der Waals surface area (Å²) >= 11 is 0. The van der Waals surface area contributed by atoms with Gasteiger partial charge in [-0.2, -0.15) is 13.2 Å². The highest BCUT2D eigenvalue weighted by atomic mass is 19.4. The number of aliphatic hydroxyl groups excluding tert-OH is 1. The van der Waals surface area contributed by atoms with Crippen molar-refractivity contribution in [2.75, 3.05) is 25.6 Å². The maximum absolute atomic E-state index is 12.9. The smallest absolute Gasteiger partial charge is 0.418 e. The molecule has 0 fully saturated rings. The number of para-hydroxylation sites is 1. The molecular formula is C18H19F3N2O4. The molecule has 27 heavy (non-hydrogen) atoms. The molecule has 0 aliphatic rings. The minimum Gasteiger partial charge on any atom is -0.493 e. The van der Waals surface area contributed by atoms with Gasteiger partial charge in [-0.05, 0) is 29.8 Å². The zero-order valence-electron chi connectivity index (χ0n) is 14.5. The molecule has 0 aliphatic carbocycles. The van der Waals surface area contributed by atoms with Crippen LogP contribution in [0.3, 0.4) is 0 Å². The number of halogens is 3. The Morgan fingerprint density at radius 2 is 1.89 bits per heavy atom. The molecule has 0 saturated heterocycles. The Morgan fingerprint density at radius 3 is 2.56 bits per heavy atom. The number of hydrogen-bond donors (Lipinski definition) is 3. The van der Waals surface area contributed by atoms with Crippen molar-refractivity contribution in [2.24, 2.45) is 0 Å². The predicted molar refractivity (Wildman–Crippen MR) is 92.9 cm³/mol. The van der Waals surface area contributed by atoms with Gasteiger partial charge in [-0.3, -0.25) is 0 Å². The van der Waals surface area contributed by atoms with E-state index in [1.807, 2.05) is 0 Å². The fourth-order valence-electron chi connectivity index (χ4n) is 2.28. The molecule has 146 valence electrons. The molecule has 0 atom stereocenters. The van der Waals surface area contributed by atoms with Crippen molar-refractivity contribution in [1.82, 2.24) is 5.32 Å². The molecule has 9 heteroatoms. The van der Waals surface area contributed by atoms with Gasteiger partial charge in [0.05, 0.1) is 25.0 Å². The van der Waals surface area contributed by atoms with Crippen LogP contribution in [0, 0.1) is 0 Å². The highest BCUT2D eigenvalue weighted by molar-refractivity contribution is 5.90. The first kappa shape index (κ1) is 20.4. The Balaban J connectivity index is 2.00. The largest absolute Gasteiger partial charge is 0.493 e. The highest BCUT2D eigenvalue weighted by Gasteiger charge is 2.33. The van der Waals surface area contributed by atoms with Crippen molar-refractivity contribution in [3.8, 4) is 11.5 Å². The van der Waals surface area contributed by atoms with E-state index in [-0.39, 0.29) is 25.4 Å². The van der Waals surface area contributed by atoms with E-state index in [1.54, 1.807) is 18.2 Å². The monoisotopic (exact) mass is 384 g/mol. The molecule has 3 N–H and O–H groups in total. The average Bonchev–Trinajstić information content (AvgIpc) is 2.64.